The van der Waals surface area contributed by atoms with Gasteiger partial charge in [-0.25, -0.2) is 8.78 Å². The number of nitrogens with one attached hydrogen (secondary N) is 2. The molecule has 0 radical (unpaired) electrons. The summed E-state index contributed by atoms with van der Waals surface area (Å²) >= 11 is 4.91. The maximum Gasteiger partial charge on any atom is 0.252 e. The molecule has 1 aliphatic carbocycles. The van der Waals surface area contributed by atoms with Crippen LogP contribution in [-0.2, 0) is 0 Å². The fourth-order valence-corrected chi connectivity index (χ4v) is 1.65. The van der Waals surface area contributed by atoms with Crippen LogP contribution in [0.5, 0.6) is 0 Å². The number of thiocarbonyl (C=S) groups is 1. The lowest BCUT2D eigenvalue weighted by Gasteiger charge is -2.36. The molecule has 2 nitrogen and oxygen atoms in total. The normalized spacial score (nSPS) is 21.0. The summed E-state index contributed by atoms with van der Waals surface area (Å²) in [4.78, 5) is 0. The number of hydrogen-bond acceptors (Lipinski definition) is 1. The SMILES string of the molecule is CC(C)NC(=S)NC1CC(F)(F)C1. The number of alkyl halides is 2. The molecule has 1 saturated carbocycles. The molecule has 1 rings (SSSR count). The number of hydrogen-bond donors (Lipinski definition) is 2. The van der Waals surface area contributed by atoms with E-state index in [0.717, 1.165) is 0 Å². The highest BCUT2D eigenvalue weighted by Crippen LogP contribution is 2.37. The summed E-state index contributed by atoms with van der Waals surface area (Å²) in [5.74, 6) is -2.48. The Morgan fingerprint density at radius 1 is 1.46 bits per heavy atom. The summed E-state index contributed by atoms with van der Waals surface area (Å²) in [5, 5.41) is 6.26. The number of rotatable bonds is 2. The summed E-state index contributed by atoms with van der Waals surface area (Å²) < 4.78 is 24.8. The Morgan fingerprint density at radius 3 is 2.38 bits per heavy atom. The summed E-state index contributed by atoms with van der Waals surface area (Å²) in [6, 6.07) is 0.0781. The van der Waals surface area contributed by atoms with E-state index < -0.39 is 5.92 Å². The first kappa shape index (κ1) is 10.6. The van der Waals surface area contributed by atoms with Crippen molar-refractivity contribution in [2.45, 2.75) is 44.7 Å². The third-order valence-corrected chi connectivity index (χ3v) is 2.08. The van der Waals surface area contributed by atoms with E-state index in [-0.39, 0.29) is 24.9 Å². The zero-order valence-electron chi connectivity index (χ0n) is 7.73. The van der Waals surface area contributed by atoms with Crippen LogP contribution in [0.2, 0.25) is 0 Å². The van der Waals surface area contributed by atoms with Crippen LogP contribution in [-0.4, -0.2) is 23.1 Å². The lowest BCUT2D eigenvalue weighted by Crippen LogP contribution is -2.53. The molecule has 5 heteroatoms. The van der Waals surface area contributed by atoms with E-state index in [1.165, 1.54) is 0 Å². The van der Waals surface area contributed by atoms with Gasteiger partial charge in [0.2, 0.25) is 0 Å². The second-order valence-corrected chi connectivity index (χ2v) is 4.14. The molecule has 0 atom stereocenters. The highest BCUT2D eigenvalue weighted by molar-refractivity contribution is 7.80. The number of halogens is 2. The molecular weight excluding hydrogens is 194 g/mol. The largest absolute Gasteiger partial charge is 0.361 e. The van der Waals surface area contributed by atoms with Gasteiger partial charge in [-0.05, 0) is 26.1 Å². The van der Waals surface area contributed by atoms with Gasteiger partial charge in [-0.1, -0.05) is 0 Å². The fraction of sp³-hybridized carbons (Fsp3) is 0.875. The summed E-state index contributed by atoms with van der Waals surface area (Å²) in [5.41, 5.74) is 0. The third-order valence-electron chi connectivity index (χ3n) is 1.85. The Morgan fingerprint density at radius 2 is 2.00 bits per heavy atom. The molecule has 13 heavy (non-hydrogen) atoms. The first-order valence-electron chi connectivity index (χ1n) is 4.34. The van der Waals surface area contributed by atoms with Crippen LogP contribution in [0.3, 0.4) is 0 Å². The van der Waals surface area contributed by atoms with Crippen molar-refractivity contribution in [1.29, 1.82) is 0 Å². The molecule has 0 bridgehead atoms. The van der Waals surface area contributed by atoms with Crippen LogP contribution in [0.15, 0.2) is 0 Å². The van der Waals surface area contributed by atoms with Crippen LogP contribution < -0.4 is 10.6 Å². The van der Waals surface area contributed by atoms with Crippen molar-refractivity contribution in [3.8, 4) is 0 Å². The van der Waals surface area contributed by atoms with Crippen molar-refractivity contribution in [1.82, 2.24) is 10.6 Å². The molecule has 0 aromatic carbocycles. The predicted octanol–water partition coefficient (Wildman–Crippen LogP) is 1.66. The van der Waals surface area contributed by atoms with Crippen molar-refractivity contribution in [3.05, 3.63) is 0 Å². The molecule has 76 valence electrons. The minimum atomic E-state index is -2.48. The fourth-order valence-electron chi connectivity index (χ4n) is 1.25. The molecule has 0 amide bonds. The van der Waals surface area contributed by atoms with Crippen molar-refractivity contribution < 1.29 is 8.78 Å². The van der Waals surface area contributed by atoms with E-state index in [1.54, 1.807) is 0 Å². The Hall–Kier alpha value is -0.450. The molecule has 0 saturated heterocycles. The Kier molecular flexibility index (Phi) is 3.05. The standard InChI is InChI=1S/C8H14F2N2S/c1-5(2)11-7(13)12-6-3-8(9,10)4-6/h5-6H,3-4H2,1-2H3,(H2,11,12,13). The van der Waals surface area contributed by atoms with Crippen LogP contribution >= 0.6 is 12.2 Å². The first-order chi connectivity index (χ1) is 5.89. The molecule has 0 aromatic heterocycles. The van der Waals surface area contributed by atoms with Crippen LogP contribution in [0.25, 0.3) is 0 Å². The van der Waals surface area contributed by atoms with Gasteiger partial charge in [-0.15, -0.1) is 0 Å². The van der Waals surface area contributed by atoms with Gasteiger partial charge in [-0.2, -0.15) is 0 Å². The summed E-state index contributed by atoms with van der Waals surface area (Å²) in [7, 11) is 0. The highest BCUT2D eigenvalue weighted by atomic mass is 32.1. The Labute approximate surface area is 82.1 Å². The van der Waals surface area contributed by atoms with E-state index in [2.05, 4.69) is 10.6 Å². The van der Waals surface area contributed by atoms with Crippen molar-refractivity contribution in [2.24, 2.45) is 0 Å². The molecule has 2 N–H and O–H groups in total. The molecule has 0 heterocycles. The molecule has 0 aliphatic heterocycles. The molecule has 0 unspecified atom stereocenters. The van der Waals surface area contributed by atoms with Crippen molar-refractivity contribution >= 4 is 17.3 Å². The van der Waals surface area contributed by atoms with E-state index in [4.69, 9.17) is 12.2 Å². The van der Waals surface area contributed by atoms with Gasteiger partial charge in [0.05, 0.1) is 0 Å². The van der Waals surface area contributed by atoms with Gasteiger partial charge in [0.1, 0.15) is 0 Å². The van der Waals surface area contributed by atoms with Crippen molar-refractivity contribution in [3.63, 3.8) is 0 Å². The van der Waals surface area contributed by atoms with Crippen molar-refractivity contribution in [2.75, 3.05) is 0 Å². The van der Waals surface area contributed by atoms with E-state index in [0.29, 0.717) is 5.11 Å². The topological polar surface area (TPSA) is 24.1 Å². The molecule has 0 spiro atoms. The van der Waals surface area contributed by atoms with Crippen LogP contribution in [0.1, 0.15) is 26.7 Å². The zero-order chi connectivity index (χ0) is 10.1. The smallest absolute Gasteiger partial charge is 0.252 e. The average molecular weight is 208 g/mol. The zero-order valence-corrected chi connectivity index (χ0v) is 8.55. The summed E-state index contributed by atoms with van der Waals surface area (Å²) in [6.07, 6.45) is -0.209. The maximum absolute atomic E-state index is 12.4. The Balaban J connectivity index is 2.17. The second-order valence-electron chi connectivity index (χ2n) is 3.73. The molecule has 1 fully saturated rings. The van der Waals surface area contributed by atoms with E-state index in [1.807, 2.05) is 13.8 Å². The molecular formula is C8H14F2N2S. The lowest BCUT2D eigenvalue weighted by molar-refractivity contribution is -0.0886. The van der Waals surface area contributed by atoms with Crippen LogP contribution in [0.4, 0.5) is 8.78 Å². The van der Waals surface area contributed by atoms with E-state index >= 15 is 0 Å². The Bertz CT molecular complexity index is 198. The van der Waals surface area contributed by atoms with E-state index in [9.17, 15) is 8.78 Å². The monoisotopic (exact) mass is 208 g/mol. The summed E-state index contributed by atoms with van der Waals surface area (Å²) in [6.45, 7) is 3.90. The maximum atomic E-state index is 12.4. The minimum absolute atomic E-state index is 0.104. The third kappa shape index (κ3) is 3.42. The lowest BCUT2D eigenvalue weighted by atomic mass is 9.88. The molecule has 0 aromatic rings. The van der Waals surface area contributed by atoms with Crippen LogP contribution in [0, 0.1) is 0 Å². The quantitative estimate of drug-likeness (QED) is 0.675. The van der Waals surface area contributed by atoms with Gasteiger partial charge >= 0.3 is 0 Å². The molecule has 1 aliphatic rings. The average Bonchev–Trinajstić information content (AvgIpc) is 1.79. The minimum Gasteiger partial charge on any atom is -0.361 e. The second kappa shape index (κ2) is 3.74. The highest BCUT2D eigenvalue weighted by Gasteiger charge is 2.45. The van der Waals surface area contributed by atoms with Gasteiger partial charge in [-0.3, -0.25) is 0 Å². The predicted molar refractivity (Wildman–Crippen MR) is 52.0 cm³/mol. The van der Waals surface area contributed by atoms with Gasteiger partial charge in [0.25, 0.3) is 5.92 Å². The van der Waals surface area contributed by atoms with Gasteiger partial charge < -0.3 is 10.6 Å². The first-order valence-corrected chi connectivity index (χ1v) is 4.75. The van der Waals surface area contributed by atoms with Gasteiger partial charge in [0.15, 0.2) is 5.11 Å². The van der Waals surface area contributed by atoms with Gasteiger partial charge in [0, 0.05) is 24.9 Å².